The molecule has 5 rings (SSSR count). The molecule has 0 aliphatic carbocycles. The average Bonchev–Trinajstić information content (AvgIpc) is 3.45. The molecule has 2 heterocycles. The standard InChI is InChI=1S/C23H15BrCl2N4O3/c1-31-20-8-13(22-27-17-9-15(25)16(26)10-18(17)28-22)4-7-19(20)32-11-21-29-30-23(33-21)12-2-5-14(24)6-3-12/h2-10H,11H2,1H3,(H,27,28). The van der Waals surface area contributed by atoms with Crippen molar-refractivity contribution in [1.29, 1.82) is 0 Å². The van der Waals surface area contributed by atoms with Crippen molar-refractivity contribution in [2.24, 2.45) is 0 Å². The number of rotatable bonds is 6. The molecule has 33 heavy (non-hydrogen) atoms. The zero-order valence-electron chi connectivity index (χ0n) is 17.1. The highest BCUT2D eigenvalue weighted by molar-refractivity contribution is 9.10. The second kappa shape index (κ2) is 9.05. The van der Waals surface area contributed by atoms with Crippen LogP contribution >= 0.6 is 39.1 Å². The summed E-state index contributed by atoms with van der Waals surface area (Å²) in [6.07, 6.45) is 0. The summed E-state index contributed by atoms with van der Waals surface area (Å²) in [7, 11) is 1.57. The smallest absolute Gasteiger partial charge is 0.254 e. The van der Waals surface area contributed by atoms with Gasteiger partial charge in [0.25, 0.3) is 5.89 Å². The molecule has 0 bridgehead atoms. The van der Waals surface area contributed by atoms with Gasteiger partial charge in [-0.15, -0.1) is 10.2 Å². The minimum Gasteiger partial charge on any atom is -0.493 e. The van der Waals surface area contributed by atoms with Gasteiger partial charge in [0.05, 0.1) is 28.2 Å². The number of aromatic amines is 1. The number of imidazole rings is 1. The molecule has 0 saturated heterocycles. The van der Waals surface area contributed by atoms with Crippen LogP contribution in [0.5, 0.6) is 11.5 Å². The molecule has 10 heteroatoms. The topological polar surface area (TPSA) is 86.1 Å². The lowest BCUT2D eigenvalue weighted by Crippen LogP contribution is -1.98. The number of hydrogen-bond donors (Lipinski definition) is 1. The number of ether oxygens (including phenoxy) is 2. The molecule has 0 saturated carbocycles. The summed E-state index contributed by atoms with van der Waals surface area (Å²) in [5, 5.41) is 9.06. The highest BCUT2D eigenvalue weighted by Crippen LogP contribution is 2.34. The molecule has 0 radical (unpaired) electrons. The SMILES string of the molecule is COc1cc(-c2nc3cc(Cl)c(Cl)cc3[nH]2)ccc1OCc1nnc(-c2ccc(Br)cc2)o1. The lowest BCUT2D eigenvalue weighted by Gasteiger charge is -2.10. The molecule has 1 N–H and O–H groups in total. The van der Waals surface area contributed by atoms with E-state index < -0.39 is 0 Å². The van der Waals surface area contributed by atoms with E-state index in [1.165, 1.54) is 0 Å². The molecule has 0 aliphatic heterocycles. The van der Waals surface area contributed by atoms with Gasteiger partial charge in [0.15, 0.2) is 18.1 Å². The lowest BCUT2D eigenvalue weighted by molar-refractivity contribution is 0.251. The maximum absolute atomic E-state index is 6.10. The van der Waals surface area contributed by atoms with Crippen LogP contribution in [0.2, 0.25) is 10.0 Å². The van der Waals surface area contributed by atoms with Gasteiger partial charge in [-0.05, 0) is 54.6 Å². The maximum Gasteiger partial charge on any atom is 0.254 e. The molecular formula is C23H15BrCl2N4O3. The van der Waals surface area contributed by atoms with Gasteiger partial charge in [-0.3, -0.25) is 0 Å². The van der Waals surface area contributed by atoms with Crippen LogP contribution < -0.4 is 9.47 Å². The number of H-pyrrole nitrogens is 1. The highest BCUT2D eigenvalue weighted by Gasteiger charge is 2.14. The number of fused-ring (bicyclic) bond motifs is 1. The first-order valence-electron chi connectivity index (χ1n) is 9.74. The summed E-state index contributed by atoms with van der Waals surface area (Å²) in [5.41, 5.74) is 3.15. The summed E-state index contributed by atoms with van der Waals surface area (Å²) in [6, 6.07) is 16.6. The van der Waals surface area contributed by atoms with E-state index in [1.54, 1.807) is 25.3 Å². The van der Waals surface area contributed by atoms with Crippen LogP contribution in [0.1, 0.15) is 5.89 Å². The predicted molar refractivity (Wildman–Crippen MR) is 130 cm³/mol. The Labute approximate surface area is 206 Å². The first-order valence-corrected chi connectivity index (χ1v) is 11.3. The number of nitrogens with zero attached hydrogens (tertiary/aromatic N) is 3. The Morgan fingerprint density at radius 2 is 1.70 bits per heavy atom. The van der Waals surface area contributed by atoms with E-state index >= 15 is 0 Å². The number of nitrogens with one attached hydrogen (secondary N) is 1. The fraction of sp³-hybridized carbons (Fsp3) is 0.0870. The van der Waals surface area contributed by atoms with Crippen LogP contribution in [0, 0.1) is 0 Å². The van der Waals surface area contributed by atoms with E-state index in [4.69, 9.17) is 37.1 Å². The van der Waals surface area contributed by atoms with E-state index in [0.717, 1.165) is 26.6 Å². The number of hydrogen-bond acceptors (Lipinski definition) is 6. The van der Waals surface area contributed by atoms with E-state index in [1.807, 2.05) is 36.4 Å². The Balaban J connectivity index is 1.34. The fourth-order valence-electron chi connectivity index (χ4n) is 3.24. The molecule has 0 fully saturated rings. The van der Waals surface area contributed by atoms with Gasteiger partial charge >= 0.3 is 0 Å². The van der Waals surface area contributed by atoms with Gasteiger partial charge in [-0.1, -0.05) is 39.1 Å². The Bertz CT molecular complexity index is 1410. The van der Waals surface area contributed by atoms with E-state index in [-0.39, 0.29) is 6.61 Å². The van der Waals surface area contributed by atoms with Crippen molar-refractivity contribution >= 4 is 50.2 Å². The van der Waals surface area contributed by atoms with Gasteiger partial charge in [-0.25, -0.2) is 4.98 Å². The molecule has 2 aromatic heterocycles. The first-order chi connectivity index (χ1) is 16.0. The molecule has 0 aliphatic rings. The van der Waals surface area contributed by atoms with Crippen molar-refractivity contribution in [2.45, 2.75) is 6.61 Å². The van der Waals surface area contributed by atoms with Crippen LogP contribution in [0.4, 0.5) is 0 Å². The first kappa shape index (κ1) is 21.8. The van der Waals surface area contributed by atoms with Gasteiger partial charge in [0.2, 0.25) is 5.89 Å². The third-order valence-corrected chi connectivity index (χ3v) is 6.12. The molecule has 166 valence electrons. The zero-order chi connectivity index (χ0) is 22.9. The van der Waals surface area contributed by atoms with Crippen molar-refractivity contribution in [1.82, 2.24) is 20.2 Å². The van der Waals surface area contributed by atoms with Gasteiger partial charge in [-0.2, -0.15) is 0 Å². The summed E-state index contributed by atoms with van der Waals surface area (Å²) in [5.74, 6) is 2.51. The molecule has 7 nitrogen and oxygen atoms in total. The molecule has 0 unspecified atom stereocenters. The zero-order valence-corrected chi connectivity index (χ0v) is 20.2. The Hall–Kier alpha value is -3.07. The second-order valence-electron chi connectivity index (χ2n) is 7.03. The number of halogens is 3. The number of methoxy groups -OCH3 is 1. The Kier molecular flexibility index (Phi) is 5.97. The molecule has 0 spiro atoms. The molecule has 0 atom stereocenters. The third-order valence-electron chi connectivity index (χ3n) is 4.87. The summed E-state index contributed by atoms with van der Waals surface area (Å²) < 4.78 is 18.1. The Morgan fingerprint density at radius 1 is 0.939 bits per heavy atom. The van der Waals surface area contributed by atoms with Crippen LogP contribution in [0.25, 0.3) is 33.9 Å². The summed E-state index contributed by atoms with van der Waals surface area (Å²) in [6.45, 7) is 0.0981. The number of aromatic nitrogens is 4. The second-order valence-corrected chi connectivity index (χ2v) is 8.76. The molecule has 5 aromatic rings. The van der Waals surface area contributed by atoms with Crippen molar-refractivity contribution in [3.05, 3.63) is 75.0 Å². The molecule has 3 aromatic carbocycles. The fourth-order valence-corrected chi connectivity index (χ4v) is 3.82. The molecule has 0 amide bonds. The van der Waals surface area contributed by atoms with Crippen molar-refractivity contribution in [3.8, 4) is 34.3 Å². The van der Waals surface area contributed by atoms with E-state index in [9.17, 15) is 0 Å². The van der Waals surface area contributed by atoms with Gasteiger partial charge < -0.3 is 18.9 Å². The highest BCUT2D eigenvalue weighted by atomic mass is 79.9. The van der Waals surface area contributed by atoms with Crippen LogP contribution in [-0.2, 0) is 6.61 Å². The Morgan fingerprint density at radius 3 is 2.48 bits per heavy atom. The lowest BCUT2D eigenvalue weighted by atomic mass is 10.2. The quantitative estimate of drug-likeness (QED) is 0.249. The largest absolute Gasteiger partial charge is 0.493 e. The molecular weight excluding hydrogens is 531 g/mol. The minimum atomic E-state index is 0.0981. The van der Waals surface area contributed by atoms with E-state index in [0.29, 0.717) is 39.2 Å². The average molecular weight is 546 g/mol. The predicted octanol–water partition coefficient (Wildman–Crippen LogP) is 6.94. The van der Waals surface area contributed by atoms with E-state index in [2.05, 4.69) is 36.1 Å². The van der Waals surface area contributed by atoms with Crippen LogP contribution in [0.15, 0.2) is 63.5 Å². The van der Waals surface area contributed by atoms with Crippen molar-refractivity contribution in [3.63, 3.8) is 0 Å². The summed E-state index contributed by atoms with van der Waals surface area (Å²) >= 11 is 15.6. The monoisotopic (exact) mass is 544 g/mol. The van der Waals surface area contributed by atoms with Gasteiger partial charge in [0, 0.05) is 15.6 Å². The van der Waals surface area contributed by atoms with Crippen molar-refractivity contribution < 1.29 is 13.9 Å². The third kappa shape index (κ3) is 4.55. The van der Waals surface area contributed by atoms with Gasteiger partial charge in [0.1, 0.15) is 5.82 Å². The maximum atomic E-state index is 6.10. The normalized spacial score (nSPS) is 11.2. The van der Waals surface area contributed by atoms with Crippen molar-refractivity contribution in [2.75, 3.05) is 7.11 Å². The number of benzene rings is 3. The van der Waals surface area contributed by atoms with Crippen LogP contribution in [-0.4, -0.2) is 27.3 Å². The minimum absolute atomic E-state index is 0.0981. The summed E-state index contributed by atoms with van der Waals surface area (Å²) in [4.78, 5) is 7.83. The van der Waals surface area contributed by atoms with Crippen LogP contribution in [0.3, 0.4) is 0 Å².